The van der Waals surface area contributed by atoms with E-state index in [0.717, 1.165) is 0 Å². The lowest BCUT2D eigenvalue weighted by Crippen LogP contribution is -2.38. The molecule has 0 aromatic carbocycles. The number of nitrogens with two attached hydrogens (primary N) is 2. The van der Waals surface area contributed by atoms with E-state index in [2.05, 4.69) is 0 Å². The summed E-state index contributed by atoms with van der Waals surface area (Å²) in [5.74, 6) is -0.683. The Kier molecular flexibility index (Phi) is 4.06. The van der Waals surface area contributed by atoms with Crippen LogP contribution in [0.5, 0.6) is 0 Å². The highest BCUT2D eigenvalue weighted by Gasteiger charge is 2.22. The standard InChI is InChI=1S/C5H10F2N2O/c6-5(7)4(9)3(10)1-2-8/h4-5H,1-2,8-9H2. The molecule has 0 amide bonds. The first kappa shape index (κ1) is 9.45. The third-order valence-corrected chi connectivity index (χ3v) is 1.03. The van der Waals surface area contributed by atoms with E-state index in [1.165, 1.54) is 0 Å². The van der Waals surface area contributed by atoms with Gasteiger partial charge in [-0.3, -0.25) is 4.79 Å². The van der Waals surface area contributed by atoms with E-state index in [9.17, 15) is 13.6 Å². The maximum absolute atomic E-state index is 11.6. The topological polar surface area (TPSA) is 69.1 Å². The zero-order valence-corrected chi connectivity index (χ0v) is 5.39. The monoisotopic (exact) mass is 152 g/mol. The minimum Gasteiger partial charge on any atom is -0.330 e. The van der Waals surface area contributed by atoms with Crippen molar-refractivity contribution in [2.75, 3.05) is 6.54 Å². The molecule has 0 spiro atoms. The number of Topliss-reactive ketones (excluding diaryl/α,β-unsaturated/α-hetero) is 1. The first-order valence-electron chi connectivity index (χ1n) is 2.86. The summed E-state index contributed by atoms with van der Waals surface area (Å²) < 4.78 is 23.2. The Morgan fingerprint density at radius 3 is 2.30 bits per heavy atom. The molecule has 0 saturated carbocycles. The van der Waals surface area contributed by atoms with Gasteiger partial charge in [0.1, 0.15) is 6.04 Å². The van der Waals surface area contributed by atoms with Gasteiger partial charge in [0.2, 0.25) is 0 Å². The lowest BCUT2D eigenvalue weighted by Gasteiger charge is -2.06. The molecule has 0 aliphatic rings. The molecule has 0 aromatic heterocycles. The van der Waals surface area contributed by atoms with Gasteiger partial charge in [-0.15, -0.1) is 0 Å². The second-order valence-electron chi connectivity index (χ2n) is 1.87. The molecule has 0 aliphatic carbocycles. The number of carbonyl (C=O) groups excluding carboxylic acids is 1. The molecule has 4 N–H and O–H groups in total. The minimum absolute atomic E-state index is 0.0687. The highest BCUT2D eigenvalue weighted by molar-refractivity contribution is 5.84. The molecule has 5 heteroatoms. The van der Waals surface area contributed by atoms with Gasteiger partial charge in [-0.1, -0.05) is 0 Å². The Bertz CT molecular complexity index is 118. The Morgan fingerprint density at radius 2 is 2.00 bits per heavy atom. The van der Waals surface area contributed by atoms with Crippen LogP contribution >= 0.6 is 0 Å². The summed E-state index contributed by atoms with van der Waals surface area (Å²) in [4.78, 5) is 10.5. The van der Waals surface area contributed by atoms with E-state index in [4.69, 9.17) is 11.5 Å². The van der Waals surface area contributed by atoms with Gasteiger partial charge in [0.15, 0.2) is 5.78 Å². The summed E-state index contributed by atoms with van der Waals surface area (Å²) >= 11 is 0. The Hall–Kier alpha value is -0.550. The summed E-state index contributed by atoms with van der Waals surface area (Å²) in [6.07, 6.45) is -2.86. The Balaban J connectivity index is 3.71. The van der Waals surface area contributed by atoms with Gasteiger partial charge in [0, 0.05) is 6.42 Å². The number of hydrogen-bond donors (Lipinski definition) is 2. The van der Waals surface area contributed by atoms with Gasteiger partial charge >= 0.3 is 0 Å². The van der Waals surface area contributed by atoms with Crippen LogP contribution in [-0.4, -0.2) is 24.8 Å². The van der Waals surface area contributed by atoms with Gasteiger partial charge in [-0.25, -0.2) is 8.78 Å². The van der Waals surface area contributed by atoms with Gasteiger partial charge < -0.3 is 11.5 Å². The van der Waals surface area contributed by atoms with Crippen LogP contribution < -0.4 is 11.5 Å². The number of carbonyl (C=O) groups is 1. The minimum atomic E-state index is -2.78. The second-order valence-corrected chi connectivity index (χ2v) is 1.87. The molecule has 3 nitrogen and oxygen atoms in total. The number of rotatable bonds is 4. The van der Waals surface area contributed by atoms with Crippen LogP contribution in [0.15, 0.2) is 0 Å². The highest BCUT2D eigenvalue weighted by atomic mass is 19.3. The molecule has 0 radical (unpaired) electrons. The lowest BCUT2D eigenvalue weighted by atomic mass is 10.1. The van der Waals surface area contributed by atoms with Crippen molar-refractivity contribution in [2.24, 2.45) is 11.5 Å². The average Bonchev–Trinajstić information content (AvgIpc) is 1.87. The third kappa shape index (κ3) is 2.84. The van der Waals surface area contributed by atoms with E-state index < -0.39 is 18.3 Å². The van der Waals surface area contributed by atoms with Gasteiger partial charge in [0.25, 0.3) is 6.43 Å². The van der Waals surface area contributed by atoms with Crippen LogP contribution in [-0.2, 0) is 4.79 Å². The maximum Gasteiger partial charge on any atom is 0.260 e. The van der Waals surface area contributed by atoms with Gasteiger partial charge in [0.05, 0.1) is 0 Å². The fourth-order valence-electron chi connectivity index (χ4n) is 0.449. The average molecular weight is 152 g/mol. The molecule has 0 rings (SSSR count). The van der Waals surface area contributed by atoms with Crippen molar-refractivity contribution < 1.29 is 13.6 Å². The molecule has 0 saturated heterocycles. The Morgan fingerprint density at radius 1 is 1.50 bits per heavy atom. The zero-order valence-electron chi connectivity index (χ0n) is 5.39. The van der Waals surface area contributed by atoms with E-state index in [1.807, 2.05) is 0 Å². The first-order valence-corrected chi connectivity index (χ1v) is 2.86. The normalized spacial score (nSPS) is 13.7. The van der Waals surface area contributed by atoms with Crippen LogP contribution in [0.3, 0.4) is 0 Å². The van der Waals surface area contributed by atoms with Gasteiger partial charge in [-0.2, -0.15) is 0 Å². The second kappa shape index (κ2) is 4.29. The van der Waals surface area contributed by atoms with E-state index in [1.54, 1.807) is 0 Å². The maximum atomic E-state index is 11.6. The van der Waals surface area contributed by atoms with E-state index in [0.29, 0.717) is 0 Å². The van der Waals surface area contributed by atoms with E-state index in [-0.39, 0.29) is 13.0 Å². The van der Waals surface area contributed by atoms with Crippen molar-refractivity contribution in [3.63, 3.8) is 0 Å². The summed E-state index contributed by atoms with van der Waals surface area (Å²) in [7, 11) is 0. The van der Waals surface area contributed by atoms with Crippen molar-refractivity contribution in [1.29, 1.82) is 0 Å². The number of halogens is 2. The van der Waals surface area contributed by atoms with Crippen LogP contribution in [0.25, 0.3) is 0 Å². The van der Waals surface area contributed by atoms with Crippen LogP contribution in [0.4, 0.5) is 8.78 Å². The molecule has 0 heterocycles. The molecule has 10 heavy (non-hydrogen) atoms. The number of alkyl halides is 2. The van der Waals surface area contributed by atoms with Crippen molar-refractivity contribution in [3.8, 4) is 0 Å². The molecule has 1 unspecified atom stereocenters. The molecular formula is C5H10F2N2O. The van der Waals surface area contributed by atoms with E-state index >= 15 is 0 Å². The van der Waals surface area contributed by atoms with Crippen molar-refractivity contribution in [3.05, 3.63) is 0 Å². The third-order valence-electron chi connectivity index (χ3n) is 1.03. The molecule has 0 aliphatic heterocycles. The molecule has 0 aromatic rings. The lowest BCUT2D eigenvalue weighted by molar-refractivity contribution is -0.123. The summed E-state index contributed by atoms with van der Waals surface area (Å²) in [6, 6.07) is -1.66. The quantitative estimate of drug-likeness (QED) is 0.570. The fourth-order valence-corrected chi connectivity index (χ4v) is 0.449. The summed E-state index contributed by atoms with van der Waals surface area (Å²) in [6.45, 7) is 0.0687. The first-order chi connectivity index (χ1) is 4.59. The van der Waals surface area contributed by atoms with Crippen molar-refractivity contribution in [2.45, 2.75) is 18.9 Å². The fraction of sp³-hybridized carbons (Fsp3) is 0.800. The predicted octanol–water partition coefficient (Wildman–Crippen LogP) is -0.503. The SMILES string of the molecule is NCCC(=O)C(N)C(F)F. The molecule has 1 atom stereocenters. The van der Waals surface area contributed by atoms with Crippen LogP contribution in [0.1, 0.15) is 6.42 Å². The molecule has 0 fully saturated rings. The Labute approximate surface area is 57.4 Å². The number of ketones is 1. The van der Waals surface area contributed by atoms with Crippen LogP contribution in [0, 0.1) is 0 Å². The predicted molar refractivity (Wildman–Crippen MR) is 32.7 cm³/mol. The smallest absolute Gasteiger partial charge is 0.260 e. The highest BCUT2D eigenvalue weighted by Crippen LogP contribution is 2.00. The van der Waals surface area contributed by atoms with Crippen molar-refractivity contribution in [1.82, 2.24) is 0 Å². The van der Waals surface area contributed by atoms with Crippen LogP contribution in [0.2, 0.25) is 0 Å². The molecular weight excluding hydrogens is 142 g/mol. The zero-order chi connectivity index (χ0) is 8.15. The van der Waals surface area contributed by atoms with Crippen molar-refractivity contribution >= 4 is 5.78 Å². The number of hydrogen-bond acceptors (Lipinski definition) is 3. The summed E-state index contributed by atoms with van der Waals surface area (Å²) in [5.41, 5.74) is 9.74. The summed E-state index contributed by atoms with van der Waals surface area (Å²) in [5, 5.41) is 0. The molecule has 0 bridgehead atoms. The van der Waals surface area contributed by atoms with Gasteiger partial charge in [-0.05, 0) is 6.54 Å². The molecule has 60 valence electrons. The largest absolute Gasteiger partial charge is 0.330 e.